The predicted molar refractivity (Wildman–Crippen MR) is 88.8 cm³/mol. The number of hydrogen-bond acceptors (Lipinski definition) is 5. The molecule has 1 aliphatic rings. The van der Waals surface area contributed by atoms with Gasteiger partial charge in [0.25, 0.3) is 0 Å². The summed E-state index contributed by atoms with van der Waals surface area (Å²) in [6, 6.07) is -0.433. The van der Waals surface area contributed by atoms with Crippen LogP contribution in [-0.2, 0) is 21.2 Å². The Morgan fingerprint density at radius 2 is 2.04 bits per heavy atom. The summed E-state index contributed by atoms with van der Waals surface area (Å²) in [5.74, 6) is -0.000204. The van der Waals surface area contributed by atoms with Crippen molar-refractivity contribution in [3.8, 4) is 0 Å². The van der Waals surface area contributed by atoms with Crippen molar-refractivity contribution in [3.05, 3.63) is 18.0 Å². The molecule has 2 heterocycles. The molecular weight excluding hydrogens is 316 g/mol. The number of rotatable bonds is 6. The Kier molecular flexibility index (Phi) is 5.80. The number of sulfone groups is 1. The van der Waals surface area contributed by atoms with E-state index in [1.54, 1.807) is 15.8 Å². The molecule has 8 heteroatoms. The smallest absolute Gasteiger partial charge is 0.237 e. The van der Waals surface area contributed by atoms with Crippen molar-refractivity contribution in [3.63, 3.8) is 0 Å². The molecule has 0 N–H and O–H groups in total. The molecule has 1 fully saturated rings. The van der Waals surface area contributed by atoms with E-state index < -0.39 is 15.9 Å². The van der Waals surface area contributed by atoms with Crippen molar-refractivity contribution in [2.45, 2.75) is 33.4 Å². The van der Waals surface area contributed by atoms with Crippen LogP contribution >= 0.6 is 0 Å². The number of nitrogens with zero attached hydrogens (tertiary/aromatic N) is 4. The van der Waals surface area contributed by atoms with Gasteiger partial charge in [-0.2, -0.15) is 5.10 Å². The van der Waals surface area contributed by atoms with E-state index in [-0.39, 0.29) is 24.0 Å². The van der Waals surface area contributed by atoms with E-state index in [9.17, 15) is 13.2 Å². The fourth-order valence-electron chi connectivity index (χ4n) is 2.84. The minimum absolute atomic E-state index is 0.0159. The molecule has 1 unspecified atom stereocenters. The average Bonchev–Trinajstić information content (AvgIpc) is 3.00. The van der Waals surface area contributed by atoms with Crippen molar-refractivity contribution in [1.82, 2.24) is 19.6 Å². The number of aryl methyl sites for hydroxylation is 1. The van der Waals surface area contributed by atoms with Gasteiger partial charge in [-0.05, 0) is 20.0 Å². The molecule has 0 bridgehead atoms. The Labute approximate surface area is 138 Å². The second-order valence-electron chi connectivity index (χ2n) is 5.81. The molecule has 0 radical (unpaired) electrons. The summed E-state index contributed by atoms with van der Waals surface area (Å²) < 4.78 is 25.8. The van der Waals surface area contributed by atoms with Crippen molar-refractivity contribution in [2.24, 2.45) is 0 Å². The maximum atomic E-state index is 12.7. The van der Waals surface area contributed by atoms with Crippen LogP contribution in [0.1, 0.15) is 32.4 Å². The number of hydrogen-bond donors (Lipinski definition) is 0. The van der Waals surface area contributed by atoms with E-state index >= 15 is 0 Å². The lowest BCUT2D eigenvalue weighted by Gasteiger charge is -2.36. The van der Waals surface area contributed by atoms with Gasteiger partial charge in [0.15, 0.2) is 9.84 Å². The molecule has 1 aromatic heterocycles. The maximum absolute atomic E-state index is 12.7. The zero-order valence-electron chi connectivity index (χ0n) is 14.1. The van der Waals surface area contributed by atoms with Crippen LogP contribution in [-0.4, -0.2) is 71.6 Å². The van der Waals surface area contributed by atoms with Crippen LogP contribution in [0, 0.1) is 0 Å². The predicted octanol–water partition coefficient (Wildman–Crippen LogP) is 0.543. The molecule has 1 saturated heterocycles. The minimum Gasteiger partial charge on any atom is -0.332 e. The van der Waals surface area contributed by atoms with Crippen LogP contribution in [0.15, 0.2) is 12.4 Å². The van der Waals surface area contributed by atoms with Gasteiger partial charge in [-0.3, -0.25) is 14.4 Å². The minimum atomic E-state index is -3.13. The first-order chi connectivity index (χ1) is 10.9. The molecule has 1 amide bonds. The Hall–Kier alpha value is -1.41. The molecule has 0 aromatic carbocycles. The fraction of sp³-hybridized carbons (Fsp3) is 0.733. The molecule has 0 saturated carbocycles. The van der Waals surface area contributed by atoms with Crippen LogP contribution in [0.4, 0.5) is 0 Å². The van der Waals surface area contributed by atoms with E-state index in [2.05, 4.69) is 5.10 Å². The highest BCUT2D eigenvalue weighted by Crippen LogP contribution is 2.26. The number of carbonyl (C=O) groups excluding carboxylic acids is 1. The van der Waals surface area contributed by atoms with Gasteiger partial charge in [0, 0.05) is 24.8 Å². The van der Waals surface area contributed by atoms with Gasteiger partial charge < -0.3 is 4.90 Å². The van der Waals surface area contributed by atoms with Gasteiger partial charge in [0.1, 0.15) is 0 Å². The lowest BCUT2D eigenvalue weighted by molar-refractivity contribution is -0.134. The van der Waals surface area contributed by atoms with Crippen molar-refractivity contribution < 1.29 is 13.2 Å². The Morgan fingerprint density at radius 1 is 1.35 bits per heavy atom. The van der Waals surface area contributed by atoms with Crippen LogP contribution in [0.3, 0.4) is 0 Å². The first-order valence-corrected chi connectivity index (χ1v) is 9.96. The first kappa shape index (κ1) is 17.9. The Balaban J connectivity index is 2.23. The highest BCUT2D eigenvalue weighted by molar-refractivity contribution is 7.91. The largest absolute Gasteiger partial charge is 0.332 e. The highest BCUT2D eigenvalue weighted by Gasteiger charge is 2.35. The summed E-state index contributed by atoms with van der Waals surface area (Å²) in [6.45, 7) is 8.89. The number of likely N-dealkylation sites (N-methyl/N-ethyl adjacent to an activating group) is 1. The lowest BCUT2D eigenvalue weighted by atomic mass is 10.1. The molecule has 130 valence electrons. The second kappa shape index (κ2) is 7.44. The Morgan fingerprint density at radius 3 is 2.61 bits per heavy atom. The van der Waals surface area contributed by atoms with Crippen LogP contribution in [0.2, 0.25) is 0 Å². The van der Waals surface area contributed by atoms with Gasteiger partial charge in [-0.15, -0.1) is 0 Å². The van der Waals surface area contributed by atoms with Crippen molar-refractivity contribution in [2.75, 3.05) is 37.7 Å². The molecule has 0 aliphatic carbocycles. The normalized spacial score (nSPS) is 20.9. The quantitative estimate of drug-likeness (QED) is 0.754. The van der Waals surface area contributed by atoms with Crippen molar-refractivity contribution >= 4 is 15.7 Å². The summed E-state index contributed by atoms with van der Waals surface area (Å²) in [7, 11) is -3.13. The monoisotopic (exact) mass is 342 g/mol. The highest BCUT2D eigenvalue weighted by atomic mass is 32.2. The topological polar surface area (TPSA) is 75.5 Å². The van der Waals surface area contributed by atoms with E-state index in [1.165, 1.54) is 0 Å². The second-order valence-corrected chi connectivity index (χ2v) is 8.04. The number of amides is 1. The zero-order valence-corrected chi connectivity index (χ0v) is 14.9. The molecule has 2 rings (SSSR count). The van der Waals surface area contributed by atoms with Gasteiger partial charge in [0.2, 0.25) is 5.91 Å². The maximum Gasteiger partial charge on any atom is 0.237 e. The summed E-state index contributed by atoms with van der Waals surface area (Å²) in [4.78, 5) is 16.4. The fourth-order valence-corrected chi connectivity index (χ4v) is 4.33. The van der Waals surface area contributed by atoms with Crippen LogP contribution in [0.25, 0.3) is 0 Å². The van der Waals surface area contributed by atoms with E-state index in [4.69, 9.17) is 0 Å². The van der Waals surface area contributed by atoms with Crippen LogP contribution < -0.4 is 0 Å². The third-order valence-electron chi connectivity index (χ3n) is 4.37. The molecular formula is C15H26N4O3S. The summed E-state index contributed by atoms with van der Waals surface area (Å²) in [5, 5.41) is 4.22. The van der Waals surface area contributed by atoms with Gasteiger partial charge in [0.05, 0.1) is 30.3 Å². The third kappa shape index (κ3) is 4.32. The van der Waals surface area contributed by atoms with Gasteiger partial charge in [-0.25, -0.2) is 8.42 Å². The summed E-state index contributed by atoms with van der Waals surface area (Å²) >= 11 is 0. The molecule has 1 aliphatic heterocycles. The summed E-state index contributed by atoms with van der Waals surface area (Å²) in [6.07, 6.45) is 3.51. The molecule has 7 nitrogen and oxygen atoms in total. The van der Waals surface area contributed by atoms with E-state index in [0.717, 1.165) is 18.7 Å². The Bertz CT molecular complexity index is 637. The van der Waals surface area contributed by atoms with E-state index in [0.29, 0.717) is 13.1 Å². The van der Waals surface area contributed by atoms with Crippen molar-refractivity contribution in [1.29, 1.82) is 0 Å². The lowest BCUT2D eigenvalue weighted by Crippen LogP contribution is -2.49. The molecule has 1 aromatic rings. The van der Waals surface area contributed by atoms with Crippen LogP contribution in [0.5, 0.6) is 0 Å². The van der Waals surface area contributed by atoms with E-state index in [1.807, 2.05) is 31.9 Å². The third-order valence-corrected chi connectivity index (χ3v) is 6.00. The SMILES string of the molecule is CCN(CC)CC(=O)N1CCS(=O)(=O)CC1c1cnn(CC)c1. The number of carbonyl (C=O) groups is 1. The molecule has 23 heavy (non-hydrogen) atoms. The standard InChI is InChI=1S/C15H26N4O3S/c1-4-17(5-2)11-15(20)19-7-8-23(21,22)12-14(19)13-9-16-18(6-3)10-13/h9-10,14H,4-8,11-12H2,1-3H3. The molecule has 0 spiro atoms. The first-order valence-electron chi connectivity index (χ1n) is 8.14. The summed E-state index contributed by atoms with van der Waals surface area (Å²) in [5.41, 5.74) is 0.794. The van der Waals surface area contributed by atoms with Gasteiger partial charge >= 0.3 is 0 Å². The number of aromatic nitrogens is 2. The average molecular weight is 342 g/mol. The van der Waals surface area contributed by atoms with Gasteiger partial charge in [-0.1, -0.05) is 13.8 Å². The molecule has 1 atom stereocenters. The zero-order chi connectivity index (χ0) is 17.0.